The number of aromatic nitrogens is 1. The molecule has 0 aliphatic carbocycles. The second-order valence-corrected chi connectivity index (χ2v) is 5.79. The summed E-state index contributed by atoms with van der Waals surface area (Å²) in [6.07, 6.45) is 0. The van der Waals surface area contributed by atoms with E-state index in [1.807, 2.05) is 0 Å². The second kappa shape index (κ2) is 3.61. The molecule has 2 nitrogen and oxygen atoms in total. The Balaban J connectivity index is 2.39. The third-order valence-corrected chi connectivity index (χ3v) is 3.53. The summed E-state index contributed by atoms with van der Waals surface area (Å²) in [4.78, 5) is 0. The molecule has 0 radical (unpaired) electrons. The summed E-state index contributed by atoms with van der Waals surface area (Å²) in [5.41, 5.74) is 4.34. The highest BCUT2D eigenvalue weighted by Gasteiger charge is 2.27. The first-order valence-electron chi connectivity index (χ1n) is 6.27. The second-order valence-electron chi connectivity index (χ2n) is 5.79. The lowest BCUT2D eigenvalue weighted by molar-refractivity contribution is 0.0850. The van der Waals surface area contributed by atoms with E-state index in [9.17, 15) is 0 Å². The maximum atomic E-state index is 5.64. The number of benzene rings is 1. The van der Waals surface area contributed by atoms with Crippen LogP contribution in [0.15, 0.2) is 24.3 Å². The van der Waals surface area contributed by atoms with Gasteiger partial charge in [-0.1, -0.05) is 39.0 Å². The van der Waals surface area contributed by atoms with Gasteiger partial charge in [-0.15, -0.1) is 0 Å². The maximum absolute atomic E-state index is 5.64. The van der Waals surface area contributed by atoms with Crippen LogP contribution in [0.2, 0.25) is 0 Å². The third-order valence-electron chi connectivity index (χ3n) is 3.53. The first kappa shape index (κ1) is 10.8. The molecule has 0 atom stereocenters. The largest absolute Gasteiger partial charge is 0.373 e. The highest BCUT2D eigenvalue weighted by Crippen LogP contribution is 2.36. The van der Waals surface area contributed by atoms with E-state index in [1.54, 1.807) is 0 Å². The van der Waals surface area contributed by atoms with Gasteiger partial charge in [0.15, 0.2) is 0 Å². The Bertz CT molecular complexity index is 560. The molecule has 1 aliphatic rings. The number of ether oxygens (including phenoxy) is 1. The summed E-state index contributed by atoms with van der Waals surface area (Å²) >= 11 is 0. The summed E-state index contributed by atoms with van der Waals surface area (Å²) in [7, 11) is 0. The molecule has 0 spiro atoms. The zero-order chi connectivity index (χ0) is 12.0. The predicted molar refractivity (Wildman–Crippen MR) is 70.3 cm³/mol. The molecule has 0 bridgehead atoms. The summed E-state index contributed by atoms with van der Waals surface area (Å²) in [6.45, 7) is 9.40. The van der Waals surface area contributed by atoms with E-state index in [-0.39, 0.29) is 5.41 Å². The summed E-state index contributed by atoms with van der Waals surface area (Å²) in [6, 6.07) is 8.71. The number of para-hydroxylation sites is 1. The highest BCUT2D eigenvalue weighted by atomic mass is 16.5. The fraction of sp³-hybridized carbons (Fsp3) is 0.467. The van der Waals surface area contributed by atoms with Gasteiger partial charge < -0.3 is 9.30 Å². The SMILES string of the molecule is CC(C)(C)c1c2n(c3ccccc13)CCOC2. The van der Waals surface area contributed by atoms with E-state index in [4.69, 9.17) is 4.74 Å². The minimum absolute atomic E-state index is 0.168. The van der Waals surface area contributed by atoms with Gasteiger partial charge in [0.25, 0.3) is 0 Å². The molecule has 90 valence electrons. The molecule has 1 aliphatic heterocycles. The van der Waals surface area contributed by atoms with Crippen LogP contribution in [0.1, 0.15) is 32.0 Å². The Hall–Kier alpha value is -1.28. The molecule has 3 rings (SSSR count). The Morgan fingerprint density at radius 2 is 1.94 bits per heavy atom. The minimum atomic E-state index is 0.168. The molecule has 0 saturated carbocycles. The van der Waals surface area contributed by atoms with Gasteiger partial charge in [-0.25, -0.2) is 0 Å². The van der Waals surface area contributed by atoms with Crippen LogP contribution in [-0.4, -0.2) is 11.2 Å². The smallest absolute Gasteiger partial charge is 0.0872 e. The number of hydrogen-bond donors (Lipinski definition) is 0. The topological polar surface area (TPSA) is 14.2 Å². The molecule has 17 heavy (non-hydrogen) atoms. The van der Waals surface area contributed by atoms with Gasteiger partial charge >= 0.3 is 0 Å². The van der Waals surface area contributed by atoms with Crippen LogP contribution in [0.4, 0.5) is 0 Å². The molecular weight excluding hydrogens is 210 g/mol. The van der Waals surface area contributed by atoms with Gasteiger partial charge in [0.05, 0.1) is 13.2 Å². The lowest BCUT2D eigenvalue weighted by atomic mass is 9.85. The average Bonchev–Trinajstić information content (AvgIpc) is 2.63. The van der Waals surface area contributed by atoms with Crippen molar-refractivity contribution in [3.8, 4) is 0 Å². The lowest BCUT2D eigenvalue weighted by Crippen LogP contribution is -2.20. The van der Waals surface area contributed by atoms with Crippen LogP contribution in [0, 0.1) is 0 Å². The minimum Gasteiger partial charge on any atom is -0.373 e. The zero-order valence-corrected chi connectivity index (χ0v) is 10.8. The van der Waals surface area contributed by atoms with E-state index in [0.29, 0.717) is 0 Å². The van der Waals surface area contributed by atoms with Crippen molar-refractivity contribution < 1.29 is 4.74 Å². The van der Waals surface area contributed by atoms with Crippen molar-refractivity contribution in [2.24, 2.45) is 0 Å². The van der Waals surface area contributed by atoms with Crippen LogP contribution >= 0.6 is 0 Å². The normalized spacial score (nSPS) is 16.2. The molecule has 0 unspecified atom stereocenters. The van der Waals surface area contributed by atoms with Gasteiger partial charge in [0, 0.05) is 23.1 Å². The molecule has 2 heteroatoms. The number of nitrogens with zero attached hydrogens (tertiary/aromatic N) is 1. The summed E-state index contributed by atoms with van der Waals surface area (Å²) in [5.74, 6) is 0. The molecule has 2 heterocycles. The molecule has 2 aromatic rings. The van der Waals surface area contributed by atoms with Crippen molar-refractivity contribution in [1.29, 1.82) is 0 Å². The Morgan fingerprint density at radius 1 is 1.18 bits per heavy atom. The number of hydrogen-bond acceptors (Lipinski definition) is 1. The van der Waals surface area contributed by atoms with Crippen molar-refractivity contribution in [1.82, 2.24) is 4.57 Å². The van der Waals surface area contributed by atoms with E-state index >= 15 is 0 Å². The Morgan fingerprint density at radius 3 is 2.71 bits per heavy atom. The fourth-order valence-corrected chi connectivity index (χ4v) is 2.92. The third kappa shape index (κ3) is 1.59. The monoisotopic (exact) mass is 229 g/mol. The molecular formula is C15H19NO. The van der Waals surface area contributed by atoms with Crippen LogP contribution in [0.5, 0.6) is 0 Å². The van der Waals surface area contributed by atoms with Gasteiger partial charge in [-0.05, 0) is 17.0 Å². The van der Waals surface area contributed by atoms with Crippen LogP contribution in [-0.2, 0) is 23.3 Å². The van der Waals surface area contributed by atoms with Crippen molar-refractivity contribution in [2.45, 2.75) is 39.3 Å². The van der Waals surface area contributed by atoms with Crippen LogP contribution in [0.25, 0.3) is 10.9 Å². The summed E-state index contributed by atoms with van der Waals surface area (Å²) in [5, 5.41) is 1.39. The zero-order valence-electron chi connectivity index (χ0n) is 10.8. The van der Waals surface area contributed by atoms with E-state index in [1.165, 1.54) is 22.2 Å². The number of rotatable bonds is 0. The van der Waals surface area contributed by atoms with Crippen molar-refractivity contribution >= 4 is 10.9 Å². The molecule has 0 saturated heterocycles. The fourth-order valence-electron chi connectivity index (χ4n) is 2.92. The maximum Gasteiger partial charge on any atom is 0.0872 e. The van der Waals surface area contributed by atoms with E-state index in [2.05, 4.69) is 49.6 Å². The van der Waals surface area contributed by atoms with Crippen molar-refractivity contribution in [3.05, 3.63) is 35.5 Å². The van der Waals surface area contributed by atoms with Gasteiger partial charge in [0.1, 0.15) is 0 Å². The lowest BCUT2D eigenvalue weighted by Gasteiger charge is -2.24. The molecule has 0 N–H and O–H groups in total. The molecule has 0 amide bonds. The standard InChI is InChI=1S/C15H19NO/c1-15(2,3)14-11-6-4-5-7-12(11)16-8-9-17-10-13(14)16/h4-7H,8-10H2,1-3H3. The van der Waals surface area contributed by atoms with Crippen LogP contribution < -0.4 is 0 Å². The predicted octanol–water partition coefficient (Wildman–Crippen LogP) is 3.47. The van der Waals surface area contributed by atoms with Gasteiger partial charge in [-0.2, -0.15) is 0 Å². The van der Waals surface area contributed by atoms with Crippen molar-refractivity contribution in [3.63, 3.8) is 0 Å². The Labute approximate surface area is 102 Å². The van der Waals surface area contributed by atoms with Gasteiger partial charge in [-0.3, -0.25) is 0 Å². The number of fused-ring (bicyclic) bond motifs is 3. The van der Waals surface area contributed by atoms with Gasteiger partial charge in [0.2, 0.25) is 0 Å². The summed E-state index contributed by atoms with van der Waals surface area (Å²) < 4.78 is 8.07. The quantitative estimate of drug-likeness (QED) is 0.674. The average molecular weight is 229 g/mol. The first-order valence-corrected chi connectivity index (χ1v) is 6.27. The first-order chi connectivity index (χ1) is 8.09. The molecule has 1 aromatic carbocycles. The highest BCUT2D eigenvalue weighted by molar-refractivity contribution is 5.86. The molecule has 0 fully saturated rings. The van der Waals surface area contributed by atoms with E-state index in [0.717, 1.165) is 19.8 Å². The Kier molecular flexibility index (Phi) is 2.30. The van der Waals surface area contributed by atoms with Crippen molar-refractivity contribution in [2.75, 3.05) is 6.61 Å². The molecule has 1 aromatic heterocycles. The van der Waals surface area contributed by atoms with Crippen LogP contribution in [0.3, 0.4) is 0 Å². The van der Waals surface area contributed by atoms with E-state index < -0.39 is 0 Å².